The minimum atomic E-state index is -0.823. The van der Waals surface area contributed by atoms with Crippen LogP contribution < -0.4 is 24.8 Å². The quantitative estimate of drug-likeness (QED) is 0.0472. The number of amides is 1. The SMILES string of the molecule is CCOC(=O)CCCn1nnc(-c2ccc(C3=CC4(CCN(C(=O)OC(C)(C)C)CC4)Oc4ccccc43)cc2)n1.CCOC(=O)CCCn1nnc(-c2ccc(C3=CC4(CCNCC4)Oc4ccccc43)cc2)n1.O=C(O)CCCn1nnc(-c2ccc(C3=CC4(CCNCC4)Oc4ccccc43)cc2)n1. The fraction of sp³-hybridized carbons (Fsp3) is 0.395. The predicted molar refractivity (Wildman–Crippen MR) is 400 cm³/mol. The van der Waals surface area contributed by atoms with Crippen molar-refractivity contribution in [1.29, 1.82) is 0 Å². The Morgan fingerprint density at radius 2 is 0.766 bits per heavy atom. The average Bonchev–Trinajstić information content (AvgIpc) is 1.37. The number of piperidine rings is 3. The van der Waals surface area contributed by atoms with E-state index >= 15 is 0 Å². The number of tetrazole rings is 3. The molecule has 26 nitrogen and oxygen atoms in total. The summed E-state index contributed by atoms with van der Waals surface area (Å²) in [6.45, 7) is 16.3. The summed E-state index contributed by atoms with van der Waals surface area (Å²) in [5.41, 5.74) is 11.1. The Balaban J connectivity index is 0.000000143. The van der Waals surface area contributed by atoms with Crippen LogP contribution in [0.15, 0.2) is 164 Å². The number of fused-ring (bicyclic) bond motifs is 3. The monoisotopic (exact) mass is 1450 g/mol. The van der Waals surface area contributed by atoms with Crippen molar-refractivity contribution in [1.82, 2.24) is 76.2 Å². The van der Waals surface area contributed by atoms with E-state index in [1.54, 1.807) is 18.7 Å². The molecule has 556 valence electrons. The number of aromatic nitrogens is 12. The van der Waals surface area contributed by atoms with Crippen LogP contribution in [0.5, 0.6) is 17.2 Å². The standard InChI is InChI=1S/C31H37N5O5.C26H29N5O3.C24H25N5O3/c1-5-39-27(37)11-8-18-36-33-28(32-34-36)23-14-12-22(13-15-23)25-21-31(40-26-10-7-6-9-24(25)26)16-19-35(20-17-31)29(38)41-30(2,3)4;1-2-33-24(32)8-5-17-31-29-25(28-30-31)20-11-9-19(10-12-20)22-18-26(13-15-27-16-14-26)34-23-7-4-3-6-21(22)23;30-22(31)6-3-15-29-27-23(26-28-29)18-9-7-17(8-10-18)20-16-24(11-13-25-14-12-24)32-21-5-2-1-4-19(20)21/h6-7,9-10,12-15,21H,5,8,11,16-20H2,1-4H3;3-4,6-7,9-12,18,27H,2,5,8,13-17H2,1H3;1-2,4-5,7-10,16,25H,3,6,11-15H2,(H,30,31). The fourth-order valence-electron chi connectivity index (χ4n) is 14.0. The Labute approximate surface area is 621 Å². The summed E-state index contributed by atoms with van der Waals surface area (Å²) in [5.74, 6) is 3.10. The molecule has 6 aliphatic rings. The Morgan fingerprint density at radius 3 is 1.09 bits per heavy atom. The fourth-order valence-corrected chi connectivity index (χ4v) is 14.0. The van der Waals surface area contributed by atoms with E-state index in [2.05, 4.69) is 142 Å². The topological polar surface area (TPSA) is 302 Å². The van der Waals surface area contributed by atoms with E-state index in [0.29, 0.717) is 108 Å². The average molecular weight is 1450 g/mol. The van der Waals surface area contributed by atoms with Gasteiger partial charge in [-0.15, -0.1) is 30.6 Å². The summed E-state index contributed by atoms with van der Waals surface area (Å²) < 4.78 is 35.0. The minimum Gasteiger partial charge on any atom is -0.482 e. The molecule has 3 fully saturated rings. The number of nitrogens with zero attached hydrogens (tertiary/aromatic N) is 13. The Hall–Kier alpha value is -11.3. The molecule has 15 rings (SSSR count). The number of para-hydroxylation sites is 3. The molecule has 9 heterocycles. The van der Waals surface area contributed by atoms with Crippen LogP contribution in [0, 0.1) is 0 Å². The van der Waals surface area contributed by atoms with Gasteiger partial charge in [0.2, 0.25) is 17.5 Å². The van der Waals surface area contributed by atoms with Crippen molar-refractivity contribution >= 4 is 40.7 Å². The maximum absolute atomic E-state index is 12.6. The lowest BCUT2D eigenvalue weighted by Gasteiger charge is -2.43. The van der Waals surface area contributed by atoms with Gasteiger partial charge in [-0.25, -0.2) is 4.79 Å². The highest BCUT2D eigenvalue weighted by Crippen LogP contribution is 2.46. The normalized spacial score (nSPS) is 16.4. The number of nitrogens with one attached hydrogen (secondary N) is 2. The van der Waals surface area contributed by atoms with Crippen LogP contribution in [-0.2, 0) is 48.2 Å². The highest BCUT2D eigenvalue weighted by atomic mass is 16.6. The van der Waals surface area contributed by atoms with E-state index in [-0.39, 0.29) is 35.7 Å². The second kappa shape index (κ2) is 33.5. The first-order valence-corrected chi connectivity index (χ1v) is 37.0. The van der Waals surface area contributed by atoms with Crippen molar-refractivity contribution in [2.45, 2.75) is 154 Å². The lowest BCUT2D eigenvalue weighted by Crippen LogP contribution is -2.50. The lowest BCUT2D eigenvalue weighted by molar-refractivity contribution is -0.144. The number of ether oxygens (including phenoxy) is 6. The molecule has 107 heavy (non-hydrogen) atoms. The van der Waals surface area contributed by atoms with Gasteiger partial charge in [0, 0.05) is 104 Å². The highest BCUT2D eigenvalue weighted by molar-refractivity contribution is 5.88. The molecule has 0 radical (unpaired) electrons. The van der Waals surface area contributed by atoms with Crippen molar-refractivity contribution < 1.29 is 52.7 Å². The number of hydrogen-bond acceptors (Lipinski definition) is 21. The van der Waals surface area contributed by atoms with Crippen molar-refractivity contribution in [2.24, 2.45) is 0 Å². The summed E-state index contributed by atoms with van der Waals surface area (Å²) in [6.07, 6.45) is 14.1. The summed E-state index contributed by atoms with van der Waals surface area (Å²) in [4.78, 5) is 52.6. The molecule has 6 aliphatic heterocycles. The zero-order chi connectivity index (χ0) is 74.4. The predicted octanol–water partition coefficient (Wildman–Crippen LogP) is 12.1. The summed E-state index contributed by atoms with van der Waals surface area (Å²) in [5, 5.41) is 53.8. The Bertz CT molecular complexity index is 4670. The Morgan fingerprint density at radius 1 is 0.449 bits per heavy atom. The molecule has 1 amide bonds. The number of carboxylic acids is 1. The van der Waals surface area contributed by atoms with E-state index in [9.17, 15) is 19.2 Å². The number of esters is 2. The van der Waals surface area contributed by atoms with Crippen LogP contribution in [0.1, 0.15) is 145 Å². The van der Waals surface area contributed by atoms with Crippen molar-refractivity contribution in [3.8, 4) is 51.4 Å². The van der Waals surface area contributed by atoms with Crippen LogP contribution in [0.25, 0.3) is 50.9 Å². The first-order chi connectivity index (χ1) is 51.9. The molecule has 0 unspecified atom stereocenters. The minimum absolute atomic E-state index is 0.0867. The van der Waals surface area contributed by atoms with Gasteiger partial charge >= 0.3 is 24.0 Å². The number of benzene rings is 6. The molecule has 0 saturated carbocycles. The first-order valence-electron chi connectivity index (χ1n) is 37.0. The van der Waals surface area contributed by atoms with Crippen molar-refractivity contribution in [3.63, 3.8) is 0 Å². The molecule has 9 aromatic rings. The number of carbonyl (C=O) groups is 4. The van der Waals surface area contributed by atoms with Crippen LogP contribution in [0.2, 0.25) is 0 Å². The van der Waals surface area contributed by atoms with Crippen LogP contribution in [-0.4, -0.2) is 170 Å². The van der Waals surface area contributed by atoms with Gasteiger partial charge in [-0.3, -0.25) is 14.4 Å². The van der Waals surface area contributed by atoms with E-state index in [1.807, 2.05) is 99.6 Å². The van der Waals surface area contributed by atoms with Gasteiger partial charge in [0.25, 0.3) is 0 Å². The van der Waals surface area contributed by atoms with Gasteiger partial charge in [-0.05, 0) is 166 Å². The van der Waals surface area contributed by atoms with Gasteiger partial charge in [-0.2, -0.15) is 14.4 Å². The molecule has 0 bridgehead atoms. The number of aliphatic carboxylic acids is 1. The summed E-state index contributed by atoms with van der Waals surface area (Å²) >= 11 is 0. The maximum atomic E-state index is 12.6. The zero-order valence-corrected chi connectivity index (χ0v) is 61.2. The van der Waals surface area contributed by atoms with Crippen molar-refractivity contribution in [3.05, 3.63) is 197 Å². The third kappa shape index (κ3) is 18.5. The van der Waals surface area contributed by atoms with Crippen LogP contribution >= 0.6 is 0 Å². The molecule has 6 aromatic carbocycles. The summed E-state index contributed by atoms with van der Waals surface area (Å²) in [6, 6.07) is 49.1. The second-order valence-electron chi connectivity index (χ2n) is 28.3. The third-order valence-corrected chi connectivity index (χ3v) is 19.4. The molecule has 3 aromatic heterocycles. The highest BCUT2D eigenvalue weighted by Gasteiger charge is 2.42. The maximum Gasteiger partial charge on any atom is 0.410 e. The van der Waals surface area contributed by atoms with Crippen LogP contribution in [0.4, 0.5) is 4.79 Å². The van der Waals surface area contributed by atoms with Gasteiger partial charge in [0.15, 0.2) is 0 Å². The third-order valence-electron chi connectivity index (χ3n) is 19.4. The van der Waals surface area contributed by atoms with Gasteiger partial charge in [-0.1, -0.05) is 127 Å². The molecular weight excluding hydrogens is 1360 g/mol. The van der Waals surface area contributed by atoms with Crippen molar-refractivity contribution in [2.75, 3.05) is 52.5 Å². The summed E-state index contributed by atoms with van der Waals surface area (Å²) in [7, 11) is 0. The van der Waals surface area contributed by atoms with E-state index in [4.69, 9.17) is 33.5 Å². The number of likely N-dealkylation sites (tertiary alicyclic amines) is 1. The van der Waals surface area contributed by atoms with Gasteiger partial charge < -0.3 is 49.1 Å². The zero-order valence-electron chi connectivity index (χ0n) is 61.2. The smallest absolute Gasteiger partial charge is 0.410 e. The van der Waals surface area contributed by atoms with Gasteiger partial charge in [0.1, 0.15) is 39.7 Å². The second-order valence-corrected chi connectivity index (χ2v) is 28.3. The molecule has 3 saturated heterocycles. The molecule has 3 spiro atoms. The number of carbonyl (C=O) groups excluding carboxylic acids is 3. The number of hydrogen-bond donors (Lipinski definition) is 3. The molecular formula is C81H91N15O11. The largest absolute Gasteiger partial charge is 0.482 e. The number of aryl methyl sites for hydroxylation is 3. The molecule has 26 heteroatoms. The molecule has 3 N–H and O–H groups in total. The number of rotatable bonds is 20. The molecule has 0 atom stereocenters. The number of carboxylic acid groups (broad SMARTS) is 1. The first kappa shape index (κ1) is 74.0. The van der Waals surface area contributed by atoms with E-state index in [1.165, 1.54) is 25.5 Å². The lowest BCUT2D eigenvalue weighted by atomic mass is 9.83. The van der Waals surface area contributed by atoms with Crippen LogP contribution in [0.3, 0.4) is 0 Å². The van der Waals surface area contributed by atoms with E-state index < -0.39 is 17.2 Å². The Kier molecular flexibility index (Phi) is 23.2. The van der Waals surface area contributed by atoms with E-state index in [0.717, 1.165) is 125 Å². The molecule has 0 aliphatic carbocycles. The van der Waals surface area contributed by atoms with Gasteiger partial charge in [0.05, 0.1) is 32.8 Å².